The zero-order valence-corrected chi connectivity index (χ0v) is 25.6. The van der Waals surface area contributed by atoms with Crippen LogP contribution in [0.4, 0.5) is 17.2 Å². The van der Waals surface area contributed by atoms with E-state index in [1.165, 1.54) is 10.9 Å². The summed E-state index contributed by atoms with van der Waals surface area (Å²) < 4.78 is 1.25. The Labute approximate surface area is 256 Å². The van der Waals surface area contributed by atoms with Crippen molar-refractivity contribution in [3.05, 3.63) is 99.5 Å². The van der Waals surface area contributed by atoms with Gasteiger partial charge in [-0.2, -0.15) is 5.10 Å². The number of hydrogen-bond donors (Lipinski definition) is 3. The number of likely N-dealkylation sites (N-methyl/N-ethyl adjacent to an activating group) is 1. The van der Waals surface area contributed by atoms with Crippen molar-refractivity contribution in [2.45, 2.75) is 26.4 Å². The van der Waals surface area contributed by atoms with Crippen molar-refractivity contribution in [2.75, 3.05) is 43.9 Å². The summed E-state index contributed by atoms with van der Waals surface area (Å²) in [6, 6.07) is 17.3. The van der Waals surface area contributed by atoms with Gasteiger partial charge in [0, 0.05) is 56.2 Å². The predicted octanol–water partition coefficient (Wildman–Crippen LogP) is 3.76. The van der Waals surface area contributed by atoms with Gasteiger partial charge in [0.2, 0.25) is 0 Å². The van der Waals surface area contributed by atoms with Crippen LogP contribution in [-0.2, 0) is 12.6 Å². The van der Waals surface area contributed by atoms with Gasteiger partial charge in [-0.05, 0) is 75.3 Å². The Hall–Kier alpha value is -4.87. The number of hydrogen-bond acceptors (Lipinski definition) is 8. The molecule has 0 spiro atoms. The van der Waals surface area contributed by atoms with E-state index in [1.807, 2.05) is 31.0 Å². The highest BCUT2D eigenvalue weighted by Crippen LogP contribution is 2.29. The molecule has 3 heterocycles. The third-order valence-electron chi connectivity index (χ3n) is 7.84. The number of aryl methyl sites for hydroxylation is 1. The van der Waals surface area contributed by atoms with Crippen LogP contribution in [0.1, 0.15) is 45.7 Å². The second-order valence-electron chi connectivity index (χ2n) is 11.6. The Balaban J connectivity index is 1.34. The zero-order valence-electron chi connectivity index (χ0n) is 25.6. The standard InChI is InChI=1S/C33H37N7O4/c1-21-25(7-6-8-26(21)36-30(41)22-9-12-24(13-10-22)33(2,3)44)27-19-28(32(43)39(5)37-27)35-29-14-11-23(20-34-29)31(42)40-17-15-38(4)16-18-40/h6-14,19-20,44H,15-18H2,1-5H3,(H,34,35)(H,36,41). The highest BCUT2D eigenvalue weighted by Gasteiger charge is 2.21. The van der Waals surface area contributed by atoms with Crippen molar-refractivity contribution in [2.24, 2.45) is 7.05 Å². The number of pyridine rings is 1. The summed E-state index contributed by atoms with van der Waals surface area (Å²) >= 11 is 0. The molecule has 0 bridgehead atoms. The average Bonchev–Trinajstić information content (AvgIpc) is 3.00. The van der Waals surface area contributed by atoms with E-state index in [1.54, 1.807) is 69.4 Å². The summed E-state index contributed by atoms with van der Waals surface area (Å²) in [5, 5.41) is 20.7. The molecule has 0 saturated carbocycles. The van der Waals surface area contributed by atoms with Crippen LogP contribution >= 0.6 is 0 Å². The summed E-state index contributed by atoms with van der Waals surface area (Å²) in [4.78, 5) is 47.3. The molecule has 0 radical (unpaired) electrons. The number of piperazine rings is 1. The van der Waals surface area contributed by atoms with E-state index in [4.69, 9.17) is 0 Å². The van der Waals surface area contributed by atoms with Crippen LogP contribution in [0.25, 0.3) is 11.3 Å². The minimum absolute atomic E-state index is 0.0622. The SMILES string of the molecule is Cc1c(NC(=O)c2ccc(C(C)(C)O)cc2)cccc1-c1cc(Nc2ccc(C(=O)N3CCN(C)CC3)cn2)c(=O)n(C)n1. The van der Waals surface area contributed by atoms with Crippen LogP contribution in [0.3, 0.4) is 0 Å². The normalized spacial score (nSPS) is 13.9. The van der Waals surface area contributed by atoms with Gasteiger partial charge in [0.1, 0.15) is 11.5 Å². The van der Waals surface area contributed by atoms with E-state index in [9.17, 15) is 19.5 Å². The third kappa shape index (κ3) is 6.69. The fraction of sp³-hybridized carbons (Fsp3) is 0.303. The fourth-order valence-corrected chi connectivity index (χ4v) is 5.03. The maximum Gasteiger partial charge on any atom is 0.290 e. The minimum atomic E-state index is -1.00. The van der Waals surface area contributed by atoms with Crippen molar-refractivity contribution in [1.82, 2.24) is 24.6 Å². The van der Waals surface area contributed by atoms with Crippen LogP contribution in [0.2, 0.25) is 0 Å². The smallest absolute Gasteiger partial charge is 0.290 e. The number of amides is 2. The summed E-state index contributed by atoms with van der Waals surface area (Å²) in [5.41, 5.74) is 3.22. The van der Waals surface area contributed by atoms with E-state index < -0.39 is 5.60 Å². The molecule has 2 aromatic heterocycles. The van der Waals surface area contributed by atoms with Gasteiger partial charge in [0.15, 0.2) is 0 Å². The summed E-state index contributed by atoms with van der Waals surface area (Å²) in [7, 11) is 3.61. The van der Waals surface area contributed by atoms with Gasteiger partial charge in [0.25, 0.3) is 17.4 Å². The molecular weight excluding hydrogens is 558 g/mol. The molecule has 44 heavy (non-hydrogen) atoms. The quantitative estimate of drug-likeness (QED) is 0.294. The van der Waals surface area contributed by atoms with Gasteiger partial charge in [-0.1, -0.05) is 24.3 Å². The number of aliphatic hydroxyl groups is 1. The van der Waals surface area contributed by atoms with Gasteiger partial charge in [0.05, 0.1) is 16.9 Å². The Morgan fingerprint density at radius 1 is 0.909 bits per heavy atom. The highest BCUT2D eigenvalue weighted by atomic mass is 16.3. The van der Waals surface area contributed by atoms with E-state index in [-0.39, 0.29) is 23.1 Å². The molecule has 2 amide bonds. The van der Waals surface area contributed by atoms with Crippen molar-refractivity contribution in [3.63, 3.8) is 0 Å². The highest BCUT2D eigenvalue weighted by molar-refractivity contribution is 6.05. The minimum Gasteiger partial charge on any atom is -0.386 e. The first-order chi connectivity index (χ1) is 20.9. The second-order valence-corrected chi connectivity index (χ2v) is 11.6. The van der Waals surface area contributed by atoms with E-state index >= 15 is 0 Å². The molecule has 0 atom stereocenters. The van der Waals surface area contributed by atoms with E-state index in [0.717, 1.165) is 24.2 Å². The number of rotatable bonds is 7. The molecule has 228 valence electrons. The Morgan fingerprint density at radius 3 is 2.23 bits per heavy atom. The zero-order chi connectivity index (χ0) is 31.6. The maximum atomic E-state index is 13.0. The Kier molecular flexibility index (Phi) is 8.61. The van der Waals surface area contributed by atoms with Crippen LogP contribution in [0.5, 0.6) is 0 Å². The van der Waals surface area contributed by atoms with Gasteiger partial charge in [-0.25, -0.2) is 9.67 Å². The first-order valence-corrected chi connectivity index (χ1v) is 14.4. The van der Waals surface area contributed by atoms with Crippen molar-refractivity contribution in [3.8, 4) is 11.3 Å². The van der Waals surface area contributed by atoms with Crippen LogP contribution in [0, 0.1) is 6.92 Å². The lowest BCUT2D eigenvalue weighted by molar-refractivity contribution is 0.0663. The number of carbonyl (C=O) groups excluding carboxylic acids is 2. The van der Waals surface area contributed by atoms with E-state index in [2.05, 4.69) is 25.6 Å². The molecule has 11 heteroatoms. The number of benzene rings is 2. The molecule has 1 fully saturated rings. The molecule has 3 N–H and O–H groups in total. The molecule has 1 saturated heterocycles. The number of carbonyl (C=O) groups is 2. The molecule has 2 aromatic carbocycles. The van der Waals surface area contributed by atoms with Crippen molar-refractivity contribution >= 4 is 29.0 Å². The van der Waals surface area contributed by atoms with Gasteiger partial charge in [-0.15, -0.1) is 0 Å². The van der Waals surface area contributed by atoms with E-state index in [0.29, 0.717) is 47.0 Å². The Morgan fingerprint density at radius 2 is 1.59 bits per heavy atom. The molecule has 5 rings (SSSR count). The lowest BCUT2D eigenvalue weighted by Crippen LogP contribution is -2.47. The molecule has 11 nitrogen and oxygen atoms in total. The Bertz CT molecular complexity index is 1730. The number of nitrogens with zero attached hydrogens (tertiary/aromatic N) is 5. The van der Waals surface area contributed by atoms with Crippen LogP contribution in [-0.4, -0.2) is 74.7 Å². The van der Waals surface area contributed by atoms with Gasteiger partial charge >= 0.3 is 0 Å². The average molecular weight is 596 g/mol. The summed E-state index contributed by atoms with van der Waals surface area (Å²) in [5.74, 6) is 0.0688. The van der Waals surface area contributed by atoms with Gasteiger partial charge in [-0.3, -0.25) is 14.4 Å². The van der Waals surface area contributed by atoms with Crippen LogP contribution in [0.15, 0.2) is 71.7 Å². The number of nitrogens with one attached hydrogen (secondary N) is 2. The number of anilines is 3. The number of aromatic nitrogens is 3. The third-order valence-corrected chi connectivity index (χ3v) is 7.84. The topological polar surface area (TPSA) is 133 Å². The molecule has 0 unspecified atom stereocenters. The van der Waals surface area contributed by atoms with Crippen molar-refractivity contribution in [1.29, 1.82) is 0 Å². The van der Waals surface area contributed by atoms with Crippen molar-refractivity contribution < 1.29 is 14.7 Å². The summed E-state index contributed by atoms with van der Waals surface area (Å²) in [6.45, 7) is 8.27. The molecule has 0 aliphatic carbocycles. The molecule has 1 aliphatic rings. The fourth-order valence-electron chi connectivity index (χ4n) is 5.03. The lowest BCUT2D eigenvalue weighted by Gasteiger charge is -2.32. The lowest BCUT2D eigenvalue weighted by atomic mass is 9.97. The van der Waals surface area contributed by atoms with Crippen LogP contribution < -0.4 is 16.2 Å². The predicted molar refractivity (Wildman–Crippen MR) is 170 cm³/mol. The monoisotopic (exact) mass is 595 g/mol. The first-order valence-electron chi connectivity index (χ1n) is 14.4. The summed E-state index contributed by atoms with van der Waals surface area (Å²) in [6.07, 6.45) is 1.52. The molecule has 1 aliphatic heterocycles. The molecular formula is C33H37N7O4. The second kappa shape index (κ2) is 12.4. The maximum absolute atomic E-state index is 13.0. The molecule has 4 aromatic rings. The van der Waals surface area contributed by atoms with Gasteiger partial charge < -0.3 is 25.5 Å². The largest absolute Gasteiger partial charge is 0.386 e. The first kappa shape index (κ1) is 30.6.